The van der Waals surface area contributed by atoms with Crippen molar-refractivity contribution in [3.63, 3.8) is 0 Å². The lowest BCUT2D eigenvalue weighted by molar-refractivity contribution is -0.115. The first-order valence-corrected chi connectivity index (χ1v) is 8.70. The van der Waals surface area contributed by atoms with Crippen molar-refractivity contribution in [2.45, 2.75) is 51.5 Å². The molecule has 0 radical (unpaired) electrons. The molecule has 0 bridgehead atoms. The molecule has 1 fully saturated rings. The van der Waals surface area contributed by atoms with Crippen LogP contribution in [-0.4, -0.2) is 15.7 Å². The fourth-order valence-electron chi connectivity index (χ4n) is 3.24. The third-order valence-corrected chi connectivity index (χ3v) is 4.68. The molecule has 6 heteroatoms. The molecule has 0 aliphatic heterocycles. The zero-order valence-electron chi connectivity index (χ0n) is 13.7. The van der Waals surface area contributed by atoms with Crippen molar-refractivity contribution in [2.24, 2.45) is 0 Å². The molecule has 1 heterocycles. The van der Waals surface area contributed by atoms with Gasteiger partial charge in [-0.25, -0.2) is 9.07 Å². The number of hydrogen-bond acceptors (Lipinski definition) is 2. The summed E-state index contributed by atoms with van der Waals surface area (Å²) in [5.74, 6) is 0.0964. The van der Waals surface area contributed by atoms with Gasteiger partial charge in [-0.1, -0.05) is 36.9 Å². The highest BCUT2D eigenvalue weighted by molar-refractivity contribution is 6.30. The largest absolute Gasteiger partial charge is 0.311 e. The van der Waals surface area contributed by atoms with Crippen molar-refractivity contribution in [2.75, 3.05) is 5.32 Å². The van der Waals surface area contributed by atoms with Crippen molar-refractivity contribution in [3.8, 4) is 0 Å². The zero-order chi connectivity index (χ0) is 17.1. The molecule has 2 aromatic rings. The van der Waals surface area contributed by atoms with Crippen molar-refractivity contribution in [3.05, 3.63) is 46.4 Å². The molecule has 0 spiro atoms. The predicted molar refractivity (Wildman–Crippen MR) is 92.8 cm³/mol. The van der Waals surface area contributed by atoms with Gasteiger partial charge in [-0.2, -0.15) is 5.10 Å². The molecule has 3 rings (SSSR count). The van der Waals surface area contributed by atoms with Crippen LogP contribution in [0.5, 0.6) is 0 Å². The molecule has 1 N–H and O–H groups in total. The Morgan fingerprint density at radius 3 is 2.79 bits per heavy atom. The molecule has 4 nitrogen and oxygen atoms in total. The Balaban J connectivity index is 1.70. The number of halogens is 2. The third-order valence-electron chi connectivity index (χ3n) is 4.39. The standard InChI is InChI=1S/C18H21ClFN3O/c1-12-9-17(23(22-12)14-5-3-2-4-6-14)21-18(24)11-13-7-8-16(20)15(19)10-13/h7-10,14H,2-6,11H2,1H3,(H,21,24). The van der Waals surface area contributed by atoms with Crippen LogP contribution < -0.4 is 5.32 Å². The number of carbonyl (C=O) groups excluding carboxylic acids is 1. The Hall–Kier alpha value is -1.88. The van der Waals surface area contributed by atoms with E-state index in [4.69, 9.17) is 11.6 Å². The highest BCUT2D eigenvalue weighted by atomic mass is 35.5. The minimum Gasteiger partial charge on any atom is -0.311 e. The number of aryl methyl sites for hydroxylation is 1. The van der Waals surface area contributed by atoms with Crippen LogP contribution >= 0.6 is 11.6 Å². The van der Waals surface area contributed by atoms with Crippen molar-refractivity contribution >= 4 is 23.3 Å². The average Bonchev–Trinajstić information content (AvgIpc) is 2.92. The molecule has 1 saturated carbocycles. The normalized spacial score (nSPS) is 15.5. The SMILES string of the molecule is Cc1cc(NC(=O)Cc2ccc(F)c(Cl)c2)n(C2CCCCC2)n1. The molecule has 1 aliphatic rings. The Morgan fingerprint density at radius 1 is 1.33 bits per heavy atom. The Kier molecular flexibility index (Phi) is 5.19. The van der Waals surface area contributed by atoms with E-state index in [-0.39, 0.29) is 17.4 Å². The number of aromatic nitrogens is 2. The van der Waals surface area contributed by atoms with Crippen LogP contribution in [0.3, 0.4) is 0 Å². The number of anilines is 1. The van der Waals surface area contributed by atoms with Crippen LogP contribution in [0.25, 0.3) is 0 Å². The number of nitrogens with one attached hydrogen (secondary N) is 1. The second-order valence-corrected chi connectivity index (χ2v) is 6.79. The monoisotopic (exact) mass is 349 g/mol. The van der Waals surface area contributed by atoms with Gasteiger partial charge < -0.3 is 5.32 Å². The summed E-state index contributed by atoms with van der Waals surface area (Å²) in [6.45, 7) is 1.93. The molecule has 1 aromatic carbocycles. The first-order chi connectivity index (χ1) is 11.5. The topological polar surface area (TPSA) is 46.9 Å². The average molecular weight is 350 g/mol. The molecule has 1 aromatic heterocycles. The van der Waals surface area contributed by atoms with Crippen LogP contribution in [0.15, 0.2) is 24.3 Å². The van der Waals surface area contributed by atoms with E-state index in [9.17, 15) is 9.18 Å². The van der Waals surface area contributed by atoms with Crippen molar-refractivity contribution < 1.29 is 9.18 Å². The van der Waals surface area contributed by atoms with E-state index in [0.717, 1.165) is 24.4 Å². The first-order valence-electron chi connectivity index (χ1n) is 8.33. The number of hydrogen-bond donors (Lipinski definition) is 1. The Morgan fingerprint density at radius 2 is 2.08 bits per heavy atom. The maximum atomic E-state index is 13.2. The Labute approximate surface area is 146 Å². The number of carbonyl (C=O) groups is 1. The summed E-state index contributed by atoms with van der Waals surface area (Å²) in [4.78, 5) is 12.3. The summed E-state index contributed by atoms with van der Waals surface area (Å²) in [7, 11) is 0. The van der Waals surface area contributed by atoms with E-state index in [1.807, 2.05) is 17.7 Å². The van der Waals surface area contributed by atoms with E-state index in [0.29, 0.717) is 11.6 Å². The predicted octanol–water partition coefficient (Wildman–Crippen LogP) is 4.67. The quantitative estimate of drug-likeness (QED) is 0.871. The molecule has 128 valence electrons. The zero-order valence-corrected chi connectivity index (χ0v) is 14.4. The van der Waals surface area contributed by atoms with Gasteiger partial charge in [-0.3, -0.25) is 4.79 Å². The van der Waals surface area contributed by atoms with E-state index in [1.54, 1.807) is 6.07 Å². The fourth-order valence-corrected chi connectivity index (χ4v) is 3.44. The van der Waals surface area contributed by atoms with Gasteiger partial charge in [0.05, 0.1) is 23.2 Å². The lowest BCUT2D eigenvalue weighted by Gasteiger charge is -2.24. The van der Waals surface area contributed by atoms with Gasteiger partial charge in [0, 0.05) is 6.07 Å². The first kappa shape index (κ1) is 17.0. The van der Waals surface area contributed by atoms with Crippen LogP contribution in [0, 0.1) is 12.7 Å². The second-order valence-electron chi connectivity index (χ2n) is 6.38. The van der Waals surface area contributed by atoms with Crippen LogP contribution in [0.1, 0.15) is 49.4 Å². The number of nitrogens with zero attached hydrogens (tertiary/aromatic N) is 2. The number of amides is 1. The van der Waals surface area contributed by atoms with Gasteiger partial charge in [-0.05, 0) is 37.5 Å². The lowest BCUT2D eigenvalue weighted by Crippen LogP contribution is -2.21. The van der Waals surface area contributed by atoms with Gasteiger partial charge in [0.2, 0.25) is 5.91 Å². The molecule has 0 atom stereocenters. The lowest BCUT2D eigenvalue weighted by atomic mass is 9.96. The summed E-state index contributed by atoms with van der Waals surface area (Å²) < 4.78 is 15.1. The maximum Gasteiger partial charge on any atom is 0.229 e. The van der Waals surface area contributed by atoms with Gasteiger partial charge in [-0.15, -0.1) is 0 Å². The van der Waals surface area contributed by atoms with Gasteiger partial charge in [0.1, 0.15) is 11.6 Å². The number of rotatable bonds is 4. The van der Waals surface area contributed by atoms with Crippen LogP contribution in [0.4, 0.5) is 10.2 Å². The minimum atomic E-state index is -0.480. The van der Waals surface area contributed by atoms with Crippen LogP contribution in [0.2, 0.25) is 5.02 Å². The van der Waals surface area contributed by atoms with E-state index in [2.05, 4.69) is 10.4 Å². The number of benzene rings is 1. The van der Waals surface area contributed by atoms with Gasteiger partial charge in [0.15, 0.2) is 0 Å². The molecular formula is C18H21ClFN3O. The van der Waals surface area contributed by atoms with Crippen molar-refractivity contribution in [1.29, 1.82) is 0 Å². The molecule has 1 aliphatic carbocycles. The molecular weight excluding hydrogens is 329 g/mol. The second kappa shape index (κ2) is 7.34. The highest BCUT2D eigenvalue weighted by Gasteiger charge is 2.20. The summed E-state index contributed by atoms with van der Waals surface area (Å²) in [6.07, 6.45) is 6.00. The molecule has 24 heavy (non-hydrogen) atoms. The van der Waals surface area contributed by atoms with E-state index < -0.39 is 5.82 Å². The van der Waals surface area contributed by atoms with Gasteiger partial charge >= 0.3 is 0 Å². The summed E-state index contributed by atoms with van der Waals surface area (Å²) in [5.41, 5.74) is 1.57. The molecule has 0 saturated heterocycles. The highest BCUT2D eigenvalue weighted by Crippen LogP contribution is 2.30. The van der Waals surface area contributed by atoms with E-state index >= 15 is 0 Å². The summed E-state index contributed by atoms with van der Waals surface area (Å²) >= 11 is 5.77. The minimum absolute atomic E-state index is 0.0309. The molecule has 1 amide bonds. The van der Waals surface area contributed by atoms with Crippen LogP contribution in [-0.2, 0) is 11.2 Å². The van der Waals surface area contributed by atoms with Crippen molar-refractivity contribution in [1.82, 2.24) is 9.78 Å². The van der Waals surface area contributed by atoms with Gasteiger partial charge in [0.25, 0.3) is 0 Å². The van der Waals surface area contributed by atoms with E-state index in [1.165, 1.54) is 31.4 Å². The Bertz CT molecular complexity index is 738. The smallest absolute Gasteiger partial charge is 0.229 e. The fraction of sp³-hybridized carbons (Fsp3) is 0.444. The maximum absolute atomic E-state index is 13.2. The summed E-state index contributed by atoms with van der Waals surface area (Å²) in [6, 6.07) is 6.58. The third kappa shape index (κ3) is 3.96. The summed E-state index contributed by atoms with van der Waals surface area (Å²) in [5, 5.41) is 7.52. The molecule has 0 unspecified atom stereocenters.